The normalized spacial score (nSPS) is 15.3. The molecule has 1 aliphatic rings. The largest absolute Gasteiger partial charge is 0.397 e. The molecule has 1 amide bonds. The van der Waals surface area contributed by atoms with E-state index in [2.05, 4.69) is 5.32 Å². The molecule has 5 heteroatoms. The van der Waals surface area contributed by atoms with Gasteiger partial charge in [-0.1, -0.05) is 12.1 Å². The van der Waals surface area contributed by atoms with Crippen LogP contribution in [0, 0.1) is 5.82 Å². The third-order valence-corrected chi connectivity index (χ3v) is 4.13. The van der Waals surface area contributed by atoms with Crippen LogP contribution in [0.4, 0.5) is 15.8 Å². The molecule has 23 heavy (non-hydrogen) atoms. The number of ether oxygens (including phenoxy) is 1. The van der Waals surface area contributed by atoms with Crippen LogP contribution in [0.1, 0.15) is 34.7 Å². The van der Waals surface area contributed by atoms with Crippen LogP contribution in [0.2, 0.25) is 0 Å². The average molecular weight is 314 g/mol. The van der Waals surface area contributed by atoms with Gasteiger partial charge in [0.15, 0.2) is 0 Å². The number of halogens is 1. The molecule has 2 aromatic rings. The molecule has 0 unspecified atom stereocenters. The number of nitrogens with two attached hydrogens (primary N) is 1. The van der Waals surface area contributed by atoms with E-state index in [4.69, 9.17) is 10.5 Å². The van der Waals surface area contributed by atoms with Crippen LogP contribution in [-0.2, 0) is 4.74 Å². The van der Waals surface area contributed by atoms with Gasteiger partial charge in [-0.3, -0.25) is 4.79 Å². The van der Waals surface area contributed by atoms with Crippen molar-refractivity contribution in [3.63, 3.8) is 0 Å². The van der Waals surface area contributed by atoms with E-state index < -0.39 is 5.82 Å². The first-order chi connectivity index (χ1) is 11.1. The van der Waals surface area contributed by atoms with Crippen LogP contribution >= 0.6 is 0 Å². The zero-order chi connectivity index (χ0) is 16.2. The summed E-state index contributed by atoms with van der Waals surface area (Å²) in [5.74, 6) is -0.259. The maximum absolute atomic E-state index is 13.2. The Morgan fingerprint density at radius 1 is 1.13 bits per heavy atom. The molecule has 1 saturated heterocycles. The molecule has 0 spiro atoms. The highest BCUT2D eigenvalue weighted by atomic mass is 19.1. The smallest absolute Gasteiger partial charge is 0.255 e. The van der Waals surface area contributed by atoms with Gasteiger partial charge in [0.25, 0.3) is 5.91 Å². The fourth-order valence-corrected chi connectivity index (χ4v) is 2.77. The Labute approximate surface area is 134 Å². The van der Waals surface area contributed by atoms with Gasteiger partial charge in [-0.15, -0.1) is 0 Å². The molecule has 4 nitrogen and oxygen atoms in total. The predicted octanol–water partition coefficient (Wildman–Crippen LogP) is 3.55. The number of carbonyl (C=O) groups excluding carboxylic acids is 1. The van der Waals surface area contributed by atoms with Gasteiger partial charge in [-0.25, -0.2) is 4.39 Å². The van der Waals surface area contributed by atoms with E-state index in [1.165, 1.54) is 23.8 Å². The van der Waals surface area contributed by atoms with E-state index in [-0.39, 0.29) is 11.6 Å². The molecule has 3 N–H and O–H groups in total. The lowest BCUT2D eigenvalue weighted by molar-refractivity contribution is 0.0853. The van der Waals surface area contributed by atoms with Crippen molar-refractivity contribution in [2.45, 2.75) is 18.8 Å². The van der Waals surface area contributed by atoms with Crippen molar-refractivity contribution >= 4 is 17.3 Å². The maximum atomic E-state index is 13.2. The Hall–Kier alpha value is -2.40. The monoisotopic (exact) mass is 314 g/mol. The quantitative estimate of drug-likeness (QED) is 0.852. The van der Waals surface area contributed by atoms with Gasteiger partial charge in [0.05, 0.1) is 11.4 Å². The summed E-state index contributed by atoms with van der Waals surface area (Å²) in [4.78, 5) is 12.3. The number of anilines is 2. The highest BCUT2D eigenvalue weighted by molar-refractivity contribution is 6.05. The molecule has 0 aromatic heterocycles. The number of nitrogens with one attached hydrogen (secondary N) is 1. The van der Waals surface area contributed by atoms with Gasteiger partial charge in [0.1, 0.15) is 5.82 Å². The molecule has 1 fully saturated rings. The summed E-state index contributed by atoms with van der Waals surface area (Å²) in [7, 11) is 0. The van der Waals surface area contributed by atoms with Crippen LogP contribution in [0.3, 0.4) is 0 Å². The second kappa shape index (κ2) is 6.79. The van der Waals surface area contributed by atoms with E-state index in [0.29, 0.717) is 17.2 Å². The maximum Gasteiger partial charge on any atom is 0.255 e. The van der Waals surface area contributed by atoms with Crippen molar-refractivity contribution < 1.29 is 13.9 Å². The first-order valence-electron chi connectivity index (χ1n) is 7.67. The first-order valence-corrected chi connectivity index (χ1v) is 7.67. The van der Waals surface area contributed by atoms with Crippen LogP contribution in [-0.4, -0.2) is 19.1 Å². The fraction of sp³-hybridized carbons (Fsp3) is 0.278. The van der Waals surface area contributed by atoms with Crippen molar-refractivity contribution in [2.75, 3.05) is 24.3 Å². The highest BCUT2D eigenvalue weighted by Gasteiger charge is 2.16. The molecule has 3 rings (SSSR count). The van der Waals surface area contributed by atoms with Crippen LogP contribution in [0.15, 0.2) is 42.5 Å². The molecule has 120 valence electrons. The molecule has 0 atom stereocenters. The van der Waals surface area contributed by atoms with Gasteiger partial charge >= 0.3 is 0 Å². The Morgan fingerprint density at radius 2 is 1.83 bits per heavy atom. The number of nitrogen functional groups attached to an aromatic ring is 1. The van der Waals surface area contributed by atoms with Gasteiger partial charge in [-0.2, -0.15) is 0 Å². The van der Waals surface area contributed by atoms with Crippen LogP contribution in [0.5, 0.6) is 0 Å². The van der Waals surface area contributed by atoms with Crippen molar-refractivity contribution in [3.05, 3.63) is 59.4 Å². The second-order valence-electron chi connectivity index (χ2n) is 5.69. The summed E-state index contributed by atoms with van der Waals surface area (Å²) in [6.45, 7) is 1.57. The molecular weight excluding hydrogens is 295 g/mol. The fourth-order valence-electron chi connectivity index (χ4n) is 2.77. The standard InChI is InChI=1S/C18H19FN2O2/c19-15-5-6-16(20)17(11-15)21-18(22)14-3-1-12(2-4-14)13-7-9-23-10-8-13/h1-6,11,13H,7-10,20H2,(H,21,22). The average Bonchev–Trinajstić information content (AvgIpc) is 2.59. The zero-order valence-corrected chi connectivity index (χ0v) is 12.7. The lowest BCUT2D eigenvalue weighted by Crippen LogP contribution is -2.15. The third-order valence-electron chi connectivity index (χ3n) is 4.13. The lowest BCUT2D eigenvalue weighted by atomic mass is 9.91. The number of amides is 1. The molecule has 2 aromatic carbocycles. The van der Waals surface area contributed by atoms with Crippen LogP contribution < -0.4 is 11.1 Å². The van der Waals surface area contributed by atoms with Gasteiger partial charge in [0.2, 0.25) is 0 Å². The highest BCUT2D eigenvalue weighted by Crippen LogP contribution is 2.27. The summed E-state index contributed by atoms with van der Waals surface area (Å²) >= 11 is 0. The van der Waals surface area contributed by atoms with Crippen molar-refractivity contribution in [1.82, 2.24) is 0 Å². The van der Waals surface area contributed by atoms with E-state index >= 15 is 0 Å². The van der Waals surface area contributed by atoms with E-state index in [1.807, 2.05) is 12.1 Å². The lowest BCUT2D eigenvalue weighted by Gasteiger charge is -2.22. The Kier molecular flexibility index (Phi) is 4.57. The number of rotatable bonds is 3. The minimum absolute atomic E-state index is 0.281. The van der Waals surface area contributed by atoms with Crippen molar-refractivity contribution in [3.8, 4) is 0 Å². The summed E-state index contributed by atoms with van der Waals surface area (Å²) in [6, 6.07) is 11.4. The molecule has 0 saturated carbocycles. The topological polar surface area (TPSA) is 64.3 Å². The SMILES string of the molecule is Nc1ccc(F)cc1NC(=O)c1ccc(C2CCOCC2)cc1. The molecule has 1 aliphatic heterocycles. The molecule has 0 bridgehead atoms. The molecule has 0 aliphatic carbocycles. The summed E-state index contributed by atoms with van der Waals surface area (Å²) in [5.41, 5.74) is 8.09. The van der Waals surface area contributed by atoms with Crippen molar-refractivity contribution in [1.29, 1.82) is 0 Å². The Morgan fingerprint density at radius 3 is 2.52 bits per heavy atom. The summed E-state index contributed by atoms with van der Waals surface area (Å²) in [5, 5.41) is 2.64. The zero-order valence-electron chi connectivity index (χ0n) is 12.7. The molecule has 0 radical (unpaired) electrons. The Balaban J connectivity index is 1.71. The third kappa shape index (κ3) is 3.68. The summed E-state index contributed by atoms with van der Waals surface area (Å²) < 4.78 is 18.6. The molecule has 1 heterocycles. The first kappa shape index (κ1) is 15.5. The second-order valence-corrected chi connectivity index (χ2v) is 5.69. The van der Waals surface area contributed by atoms with Gasteiger partial charge in [0, 0.05) is 18.8 Å². The number of hydrogen-bond donors (Lipinski definition) is 2. The minimum Gasteiger partial charge on any atom is -0.397 e. The summed E-state index contributed by atoms with van der Waals surface area (Å²) in [6.07, 6.45) is 2.01. The van der Waals surface area contributed by atoms with Crippen molar-refractivity contribution in [2.24, 2.45) is 0 Å². The van der Waals surface area contributed by atoms with E-state index in [0.717, 1.165) is 26.1 Å². The van der Waals surface area contributed by atoms with E-state index in [1.54, 1.807) is 12.1 Å². The number of hydrogen-bond acceptors (Lipinski definition) is 3. The minimum atomic E-state index is -0.440. The number of carbonyl (C=O) groups is 1. The van der Waals surface area contributed by atoms with Gasteiger partial charge in [-0.05, 0) is 54.7 Å². The van der Waals surface area contributed by atoms with Crippen LogP contribution in [0.25, 0.3) is 0 Å². The number of benzene rings is 2. The molecular formula is C18H19FN2O2. The Bertz CT molecular complexity index is 695. The van der Waals surface area contributed by atoms with Gasteiger partial charge < -0.3 is 15.8 Å². The van der Waals surface area contributed by atoms with E-state index in [9.17, 15) is 9.18 Å². The predicted molar refractivity (Wildman–Crippen MR) is 88.0 cm³/mol.